The second-order valence-corrected chi connectivity index (χ2v) is 9.00. The largest absolute Gasteiger partial charge is 0.416 e. The third-order valence-corrected chi connectivity index (χ3v) is 6.50. The Balaban J connectivity index is 1.43. The average Bonchev–Trinajstić information content (AvgIpc) is 3.39. The number of carbonyl (C=O) groups excluding carboxylic acids is 1. The molecule has 5 atom stereocenters. The van der Waals surface area contributed by atoms with Crippen LogP contribution in [0.1, 0.15) is 12.5 Å². The first-order valence-electron chi connectivity index (χ1n) is 11.7. The van der Waals surface area contributed by atoms with E-state index in [9.17, 15) is 18.0 Å². The van der Waals surface area contributed by atoms with E-state index in [0.717, 1.165) is 12.1 Å². The second-order valence-electron chi connectivity index (χ2n) is 8.59. The highest BCUT2D eigenvalue weighted by Crippen LogP contribution is 2.31. The van der Waals surface area contributed by atoms with Crippen LogP contribution in [-0.2, 0) is 29.9 Å². The van der Waals surface area contributed by atoms with Gasteiger partial charge in [0.15, 0.2) is 5.82 Å². The van der Waals surface area contributed by atoms with Crippen molar-refractivity contribution < 1.29 is 41.7 Å². The van der Waals surface area contributed by atoms with Gasteiger partial charge in [-0.05, 0) is 37.3 Å². The molecule has 1 saturated heterocycles. The standard InChI is InChI=1S/C25H26ClF3N4O6/c1-13-19(35-2)20(36-3)21(37-4)23(38-13)39-24(34)31-18-10-9-16(11-17(18)26)33-12-30-22(32-33)14-5-7-15(8-6-14)25(27,28)29/h5-13,19-21,23H,1-4H3,(H,31,34)/t13-,19-,20+,21+,23-/m0/s1. The van der Waals surface area contributed by atoms with Gasteiger partial charge in [0.1, 0.15) is 24.6 Å². The van der Waals surface area contributed by atoms with Crippen LogP contribution in [0.2, 0.25) is 5.02 Å². The van der Waals surface area contributed by atoms with Crippen molar-refractivity contribution in [3.63, 3.8) is 0 Å². The van der Waals surface area contributed by atoms with Gasteiger partial charge in [-0.25, -0.2) is 14.5 Å². The molecule has 0 spiro atoms. The summed E-state index contributed by atoms with van der Waals surface area (Å²) in [5.41, 5.74) is 0.403. The Morgan fingerprint density at radius 2 is 1.69 bits per heavy atom. The molecule has 1 N–H and O–H groups in total. The number of hydrogen-bond acceptors (Lipinski definition) is 8. The van der Waals surface area contributed by atoms with Gasteiger partial charge < -0.3 is 23.7 Å². The summed E-state index contributed by atoms with van der Waals surface area (Å²) in [7, 11) is 4.47. The lowest BCUT2D eigenvalue weighted by Crippen LogP contribution is -2.59. The van der Waals surface area contributed by atoms with E-state index in [1.165, 1.54) is 56.6 Å². The van der Waals surface area contributed by atoms with Crippen LogP contribution < -0.4 is 5.32 Å². The zero-order valence-corrected chi connectivity index (χ0v) is 22.1. The van der Waals surface area contributed by atoms with E-state index >= 15 is 0 Å². The number of rotatable bonds is 7. The highest BCUT2D eigenvalue weighted by Gasteiger charge is 2.47. The van der Waals surface area contributed by atoms with E-state index < -0.39 is 48.5 Å². The SMILES string of the molecule is CO[C@@H]1[C@@H](OC)[C@H](C)O[C@@H](OC(=O)Nc2ccc(-n3cnc(-c4ccc(C(F)(F)F)cc4)n3)cc2Cl)[C@@H]1OC. The fourth-order valence-electron chi connectivity index (χ4n) is 4.23. The number of hydrogen-bond donors (Lipinski definition) is 1. The van der Waals surface area contributed by atoms with Crippen LogP contribution in [0.15, 0.2) is 48.8 Å². The number of nitrogens with zero attached hydrogens (tertiary/aromatic N) is 3. The molecule has 4 rings (SSSR count). The zero-order chi connectivity index (χ0) is 28.3. The topological polar surface area (TPSA) is 106 Å². The molecule has 210 valence electrons. The van der Waals surface area contributed by atoms with Crippen molar-refractivity contribution in [2.24, 2.45) is 0 Å². The first-order valence-corrected chi connectivity index (χ1v) is 12.0. The van der Waals surface area contributed by atoms with Gasteiger partial charge in [0.25, 0.3) is 0 Å². The summed E-state index contributed by atoms with van der Waals surface area (Å²) in [6, 6.07) is 9.21. The maximum Gasteiger partial charge on any atom is 0.416 e. The van der Waals surface area contributed by atoms with Crippen molar-refractivity contribution in [2.45, 2.75) is 43.8 Å². The maximum atomic E-state index is 12.8. The van der Waals surface area contributed by atoms with Crippen molar-refractivity contribution in [1.29, 1.82) is 0 Å². The molecule has 0 unspecified atom stereocenters. The van der Waals surface area contributed by atoms with Gasteiger partial charge in [0, 0.05) is 26.9 Å². The molecule has 3 aromatic rings. The highest BCUT2D eigenvalue weighted by atomic mass is 35.5. The lowest BCUT2D eigenvalue weighted by molar-refractivity contribution is -0.288. The summed E-state index contributed by atoms with van der Waals surface area (Å²) in [4.78, 5) is 16.8. The predicted octanol–water partition coefficient (Wildman–Crippen LogP) is 4.94. The third-order valence-electron chi connectivity index (χ3n) is 6.18. The minimum atomic E-state index is -4.43. The Kier molecular flexibility index (Phi) is 8.76. The van der Waals surface area contributed by atoms with Gasteiger partial charge in [-0.1, -0.05) is 23.7 Å². The maximum absolute atomic E-state index is 12.8. The summed E-state index contributed by atoms with van der Waals surface area (Å²) in [6.07, 6.45) is -7.10. The molecule has 1 fully saturated rings. The quantitative estimate of drug-likeness (QED) is 0.426. The van der Waals surface area contributed by atoms with Crippen LogP contribution in [-0.4, -0.2) is 72.9 Å². The molecule has 39 heavy (non-hydrogen) atoms. The second kappa shape index (κ2) is 11.9. The molecule has 1 aromatic heterocycles. The van der Waals surface area contributed by atoms with Crippen molar-refractivity contribution >= 4 is 23.4 Å². The lowest BCUT2D eigenvalue weighted by atomic mass is 9.99. The number of ether oxygens (including phenoxy) is 5. The van der Waals surface area contributed by atoms with Gasteiger partial charge >= 0.3 is 12.3 Å². The highest BCUT2D eigenvalue weighted by molar-refractivity contribution is 6.33. The molecule has 10 nitrogen and oxygen atoms in total. The van der Waals surface area contributed by atoms with Gasteiger partial charge in [0.2, 0.25) is 6.29 Å². The monoisotopic (exact) mass is 570 g/mol. The van der Waals surface area contributed by atoms with Crippen molar-refractivity contribution in [1.82, 2.24) is 14.8 Å². The number of carbonyl (C=O) groups is 1. The average molecular weight is 571 g/mol. The number of methoxy groups -OCH3 is 3. The molecule has 1 aliphatic heterocycles. The molecule has 1 aliphatic rings. The fraction of sp³-hybridized carbons (Fsp3) is 0.400. The molecule has 14 heteroatoms. The first-order chi connectivity index (χ1) is 18.5. The van der Waals surface area contributed by atoms with E-state index in [0.29, 0.717) is 11.3 Å². The number of nitrogens with one attached hydrogen (secondary N) is 1. The molecule has 0 bridgehead atoms. The van der Waals surface area contributed by atoms with E-state index in [1.54, 1.807) is 13.0 Å². The van der Waals surface area contributed by atoms with Crippen molar-refractivity contribution in [2.75, 3.05) is 26.6 Å². The van der Waals surface area contributed by atoms with Crippen LogP contribution in [0.25, 0.3) is 17.1 Å². The van der Waals surface area contributed by atoms with E-state index in [1.807, 2.05) is 0 Å². The van der Waals surface area contributed by atoms with Crippen molar-refractivity contribution in [3.8, 4) is 17.1 Å². The Bertz CT molecular complexity index is 1290. The predicted molar refractivity (Wildman–Crippen MR) is 134 cm³/mol. The lowest BCUT2D eigenvalue weighted by Gasteiger charge is -2.43. The summed E-state index contributed by atoms with van der Waals surface area (Å²) in [6.45, 7) is 1.77. The molecular weight excluding hydrogens is 545 g/mol. The summed E-state index contributed by atoms with van der Waals surface area (Å²) in [5, 5.41) is 7.04. The molecule has 2 heterocycles. The molecule has 1 amide bonds. The van der Waals surface area contributed by atoms with Gasteiger partial charge in [-0.15, -0.1) is 5.10 Å². The number of halogens is 4. The Labute approximate surface area is 226 Å². The zero-order valence-electron chi connectivity index (χ0n) is 21.3. The Hall–Kier alpha value is -3.23. The van der Waals surface area contributed by atoms with E-state index in [4.69, 9.17) is 35.3 Å². The normalized spacial score (nSPS) is 23.4. The number of alkyl halides is 3. The number of aromatic nitrogens is 3. The molecule has 0 aliphatic carbocycles. The Morgan fingerprint density at radius 3 is 2.28 bits per heavy atom. The minimum Gasteiger partial charge on any atom is -0.416 e. The fourth-order valence-corrected chi connectivity index (χ4v) is 4.45. The van der Waals surface area contributed by atoms with Gasteiger partial charge in [0.05, 0.1) is 28.1 Å². The molecule has 0 saturated carbocycles. The van der Waals surface area contributed by atoms with Gasteiger partial charge in [-0.2, -0.15) is 13.2 Å². The van der Waals surface area contributed by atoms with E-state index in [2.05, 4.69) is 15.4 Å². The number of anilines is 1. The van der Waals surface area contributed by atoms with Gasteiger partial charge in [-0.3, -0.25) is 5.32 Å². The number of benzene rings is 2. The number of amides is 1. The molecule has 2 aromatic carbocycles. The summed E-state index contributed by atoms with van der Waals surface area (Å²) < 4.78 is 67.5. The first kappa shape index (κ1) is 28.8. The summed E-state index contributed by atoms with van der Waals surface area (Å²) >= 11 is 6.38. The van der Waals surface area contributed by atoms with E-state index in [-0.39, 0.29) is 16.5 Å². The Morgan fingerprint density at radius 1 is 1.03 bits per heavy atom. The van der Waals surface area contributed by atoms with Crippen LogP contribution in [0.4, 0.5) is 23.7 Å². The van der Waals surface area contributed by atoms with Crippen molar-refractivity contribution in [3.05, 3.63) is 59.4 Å². The van der Waals surface area contributed by atoms with Crippen LogP contribution in [0, 0.1) is 0 Å². The van der Waals surface area contributed by atoms with Crippen LogP contribution in [0.5, 0.6) is 0 Å². The molecular formula is C25H26ClF3N4O6. The molecule has 0 radical (unpaired) electrons. The van der Waals surface area contributed by atoms with Crippen LogP contribution >= 0.6 is 11.6 Å². The smallest absolute Gasteiger partial charge is 0.416 e. The minimum absolute atomic E-state index is 0.173. The third kappa shape index (κ3) is 6.34. The van der Waals surface area contributed by atoms with Crippen LogP contribution in [0.3, 0.4) is 0 Å². The summed E-state index contributed by atoms with van der Waals surface area (Å²) in [5.74, 6) is 0.227.